The fourth-order valence-corrected chi connectivity index (χ4v) is 2.04. The van der Waals surface area contributed by atoms with Gasteiger partial charge in [0, 0.05) is 12.1 Å². The van der Waals surface area contributed by atoms with Crippen molar-refractivity contribution < 1.29 is 31.4 Å². The predicted octanol–water partition coefficient (Wildman–Crippen LogP) is 3.19. The largest absolute Gasteiger partial charge is 0.489 e. The van der Waals surface area contributed by atoms with Crippen molar-refractivity contribution in [3.8, 4) is 5.75 Å². The Hall–Kier alpha value is -1.41. The van der Waals surface area contributed by atoms with Crippen LogP contribution in [0, 0.1) is 0 Å². The molecule has 3 nitrogen and oxygen atoms in total. The van der Waals surface area contributed by atoms with Crippen molar-refractivity contribution >= 4 is 0 Å². The van der Waals surface area contributed by atoms with Gasteiger partial charge in [-0.05, 0) is 31.2 Å². The second-order valence-electron chi connectivity index (χ2n) is 4.62. The van der Waals surface area contributed by atoms with E-state index in [9.17, 15) is 22.0 Å². The molecule has 1 aromatic rings. The zero-order valence-electron chi connectivity index (χ0n) is 10.9. The highest BCUT2D eigenvalue weighted by molar-refractivity contribution is 5.38. The third-order valence-electron chi connectivity index (χ3n) is 3.06. The van der Waals surface area contributed by atoms with Gasteiger partial charge in [-0.3, -0.25) is 0 Å². The van der Waals surface area contributed by atoms with Crippen LogP contribution in [0.5, 0.6) is 5.75 Å². The fourth-order valence-electron chi connectivity index (χ4n) is 2.04. The van der Waals surface area contributed by atoms with Crippen molar-refractivity contribution in [2.24, 2.45) is 0 Å². The maximum atomic E-state index is 12.7. The summed E-state index contributed by atoms with van der Waals surface area (Å²) < 4.78 is 71.8. The number of alkyl halides is 5. The zero-order valence-corrected chi connectivity index (χ0v) is 10.9. The van der Waals surface area contributed by atoms with Crippen LogP contribution in [0.4, 0.5) is 22.0 Å². The van der Waals surface area contributed by atoms with Gasteiger partial charge in [0.05, 0.1) is 12.2 Å². The summed E-state index contributed by atoms with van der Waals surface area (Å²) in [4.78, 5) is 0. The summed E-state index contributed by atoms with van der Waals surface area (Å²) in [7, 11) is 0. The normalized spacial score (nSPS) is 19.2. The minimum atomic E-state index is -4.55. The molecule has 0 aromatic heterocycles. The average Bonchev–Trinajstić information content (AvgIpc) is 2.89. The highest BCUT2D eigenvalue weighted by Gasteiger charge is 2.31. The first-order valence-electron chi connectivity index (χ1n) is 6.33. The van der Waals surface area contributed by atoms with Crippen LogP contribution in [0.1, 0.15) is 17.5 Å². The molecular weight excluding hydrogens is 297 g/mol. The Morgan fingerprint density at radius 3 is 2.62 bits per heavy atom. The summed E-state index contributed by atoms with van der Waals surface area (Å²) in [6.45, 7) is -2.39. The molecule has 0 saturated carbocycles. The molecule has 1 aliphatic heterocycles. The molecule has 0 spiro atoms. The lowest BCUT2D eigenvalue weighted by Gasteiger charge is -2.18. The van der Waals surface area contributed by atoms with E-state index in [4.69, 9.17) is 4.74 Å². The lowest BCUT2D eigenvalue weighted by molar-refractivity contribution is -0.139. The van der Waals surface area contributed by atoms with Gasteiger partial charge >= 0.3 is 12.8 Å². The Kier molecular flexibility index (Phi) is 5.00. The lowest BCUT2D eigenvalue weighted by Crippen LogP contribution is -2.20. The van der Waals surface area contributed by atoms with Gasteiger partial charge in [-0.1, -0.05) is 0 Å². The van der Waals surface area contributed by atoms with Gasteiger partial charge in [0.1, 0.15) is 11.9 Å². The number of benzene rings is 1. The second-order valence-corrected chi connectivity index (χ2v) is 4.62. The molecule has 1 N–H and O–H groups in total. The molecule has 8 heteroatoms. The number of nitrogens with one attached hydrogen (secondary N) is 1. The SMILES string of the molecule is FC(F)OCc1cc(C(F)(F)F)ccc1OC1CCNC1. The lowest BCUT2D eigenvalue weighted by atomic mass is 10.1. The molecule has 0 amide bonds. The van der Waals surface area contributed by atoms with E-state index in [-0.39, 0.29) is 17.4 Å². The van der Waals surface area contributed by atoms with E-state index in [0.29, 0.717) is 13.0 Å². The predicted molar refractivity (Wildman–Crippen MR) is 64.1 cm³/mol. The summed E-state index contributed by atoms with van der Waals surface area (Å²) in [5, 5.41) is 3.04. The van der Waals surface area contributed by atoms with Crippen LogP contribution >= 0.6 is 0 Å². The molecule has 0 radical (unpaired) electrons. The molecule has 1 heterocycles. The summed E-state index contributed by atoms with van der Waals surface area (Å²) in [6, 6.07) is 2.79. The second kappa shape index (κ2) is 6.57. The first-order valence-corrected chi connectivity index (χ1v) is 6.33. The van der Waals surface area contributed by atoms with Gasteiger partial charge in [0.2, 0.25) is 0 Å². The van der Waals surface area contributed by atoms with Crippen molar-refractivity contribution in [2.75, 3.05) is 13.1 Å². The van der Waals surface area contributed by atoms with E-state index < -0.39 is 25.0 Å². The highest BCUT2D eigenvalue weighted by atomic mass is 19.4. The molecule has 118 valence electrons. The van der Waals surface area contributed by atoms with Crippen LogP contribution in [0.25, 0.3) is 0 Å². The Morgan fingerprint density at radius 1 is 1.29 bits per heavy atom. The molecule has 21 heavy (non-hydrogen) atoms. The van der Waals surface area contributed by atoms with E-state index in [2.05, 4.69) is 10.1 Å². The van der Waals surface area contributed by atoms with Crippen LogP contribution in [0.2, 0.25) is 0 Å². The maximum Gasteiger partial charge on any atom is 0.416 e. The van der Waals surface area contributed by atoms with Crippen molar-refractivity contribution in [3.63, 3.8) is 0 Å². The first-order chi connectivity index (χ1) is 9.86. The van der Waals surface area contributed by atoms with Gasteiger partial charge in [-0.25, -0.2) is 0 Å². The molecule has 1 fully saturated rings. The maximum absolute atomic E-state index is 12.7. The van der Waals surface area contributed by atoms with Crippen molar-refractivity contribution in [2.45, 2.75) is 31.9 Å². The van der Waals surface area contributed by atoms with Gasteiger partial charge in [-0.2, -0.15) is 22.0 Å². The minimum absolute atomic E-state index is 0.0444. The third kappa shape index (κ3) is 4.53. The first kappa shape index (κ1) is 16.0. The molecule has 1 saturated heterocycles. The Morgan fingerprint density at radius 2 is 2.05 bits per heavy atom. The van der Waals surface area contributed by atoms with Crippen LogP contribution in [0.15, 0.2) is 18.2 Å². The van der Waals surface area contributed by atoms with E-state index in [1.807, 2.05) is 0 Å². The van der Waals surface area contributed by atoms with Crippen molar-refractivity contribution in [3.05, 3.63) is 29.3 Å². The number of rotatable bonds is 5. The number of hydrogen-bond acceptors (Lipinski definition) is 3. The van der Waals surface area contributed by atoms with Gasteiger partial charge in [0.15, 0.2) is 0 Å². The van der Waals surface area contributed by atoms with Gasteiger partial charge < -0.3 is 14.8 Å². The quantitative estimate of drug-likeness (QED) is 0.847. The molecule has 1 aromatic carbocycles. The molecule has 1 unspecified atom stereocenters. The standard InChI is InChI=1S/C13H14F5NO2/c14-12(15)20-7-8-5-9(13(16,17)18)1-2-11(8)21-10-3-4-19-6-10/h1-2,5,10,12,19H,3-4,6-7H2. The van der Waals surface area contributed by atoms with E-state index in [1.54, 1.807) is 0 Å². The Balaban J connectivity index is 2.20. The van der Waals surface area contributed by atoms with Crippen LogP contribution in [-0.4, -0.2) is 25.8 Å². The van der Waals surface area contributed by atoms with Gasteiger partial charge in [0.25, 0.3) is 0 Å². The molecular formula is C13H14F5NO2. The molecule has 1 atom stereocenters. The molecule has 1 aliphatic rings. The topological polar surface area (TPSA) is 30.5 Å². The van der Waals surface area contributed by atoms with Gasteiger partial charge in [-0.15, -0.1) is 0 Å². The fraction of sp³-hybridized carbons (Fsp3) is 0.538. The monoisotopic (exact) mass is 311 g/mol. The molecule has 2 rings (SSSR count). The summed E-state index contributed by atoms with van der Waals surface area (Å²) in [5.74, 6) is 0.136. The highest BCUT2D eigenvalue weighted by Crippen LogP contribution is 2.33. The Bertz CT molecular complexity index is 472. The number of halogens is 5. The minimum Gasteiger partial charge on any atom is -0.489 e. The van der Waals surface area contributed by atoms with E-state index >= 15 is 0 Å². The van der Waals surface area contributed by atoms with E-state index in [1.165, 1.54) is 0 Å². The smallest absolute Gasteiger partial charge is 0.416 e. The van der Waals surface area contributed by atoms with Crippen LogP contribution in [-0.2, 0) is 17.5 Å². The third-order valence-corrected chi connectivity index (χ3v) is 3.06. The van der Waals surface area contributed by atoms with Crippen molar-refractivity contribution in [1.82, 2.24) is 5.32 Å². The summed E-state index contributed by atoms with van der Waals surface area (Å²) >= 11 is 0. The van der Waals surface area contributed by atoms with Crippen LogP contribution in [0.3, 0.4) is 0 Å². The Labute approximate surface area is 118 Å². The van der Waals surface area contributed by atoms with Crippen LogP contribution < -0.4 is 10.1 Å². The average molecular weight is 311 g/mol. The zero-order chi connectivity index (χ0) is 15.5. The summed E-state index contributed by atoms with van der Waals surface area (Å²) in [6.07, 6.45) is -4.03. The molecule has 0 aliphatic carbocycles. The van der Waals surface area contributed by atoms with E-state index in [0.717, 1.165) is 24.7 Å². The number of hydrogen-bond donors (Lipinski definition) is 1. The summed E-state index contributed by atoms with van der Waals surface area (Å²) in [5.41, 5.74) is -0.968. The molecule has 0 bridgehead atoms. The van der Waals surface area contributed by atoms with Crippen molar-refractivity contribution in [1.29, 1.82) is 0 Å². The number of ether oxygens (including phenoxy) is 2.